The molecule has 0 atom stereocenters. The molecule has 2 rings (SSSR count). The second-order valence-electron chi connectivity index (χ2n) is 5.75. The molecule has 4 heteroatoms. The predicted molar refractivity (Wildman–Crippen MR) is 83.1 cm³/mol. The van der Waals surface area contributed by atoms with E-state index in [1.165, 1.54) is 10.3 Å². The number of rotatable bonds is 6. The molecular formula is C15H22N2OS. The summed E-state index contributed by atoms with van der Waals surface area (Å²) >= 11 is 1.72. The summed E-state index contributed by atoms with van der Waals surface area (Å²) in [6, 6.07) is 6.38. The van der Waals surface area contributed by atoms with Crippen molar-refractivity contribution in [1.82, 2.24) is 4.98 Å². The van der Waals surface area contributed by atoms with Crippen molar-refractivity contribution in [3.8, 4) is 0 Å². The van der Waals surface area contributed by atoms with Gasteiger partial charge in [0.15, 0.2) is 5.13 Å². The second-order valence-corrected chi connectivity index (χ2v) is 6.78. The fraction of sp³-hybridized carbons (Fsp3) is 0.533. The van der Waals surface area contributed by atoms with Gasteiger partial charge in [-0.1, -0.05) is 31.3 Å². The molecule has 0 spiro atoms. The molecule has 2 aromatic rings. The summed E-state index contributed by atoms with van der Waals surface area (Å²) in [5.41, 5.74) is 2.57. The van der Waals surface area contributed by atoms with Crippen molar-refractivity contribution in [3.63, 3.8) is 0 Å². The number of nitrogens with one attached hydrogen (secondary N) is 1. The summed E-state index contributed by atoms with van der Waals surface area (Å²) in [7, 11) is 1.75. The lowest BCUT2D eigenvalue weighted by Crippen LogP contribution is -2.24. The molecule has 0 aliphatic heterocycles. The average Bonchev–Trinajstić information content (AvgIpc) is 2.76. The number of hydrogen-bond donors (Lipinski definition) is 1. The maximum atomic E-state index is 5.15. The molecule has 1 N–H and O–H groups in total. The van der Waals surface area contributed by atoms with E-state index in [0.29, 0.717) is 0 Å². The molecule has 0 unspecified atom stereocenters. The van der Waals surface area contributed by atoms with Gasteiger partial charge in [0.2, 0.25) is 0 Å². The molecule has 0 radical (unpaired) electrons. The highest BCUT2D eigenvalue weighted by Gasteiger charge is 2.18. The van der Waals surface area contributed by atoms with Crippen LogP contribution in [0.15, 0.2) is 18.2 Å². The highest BCUT2D eigenvalue weighted by atomic mass is 32.1. The topological polar surface area (TPSA) is 34.1 Å². The number of aryl methyl sites for hydroxylation is 1. The summed E-state index contributed by atoms with van der Waals surface area (Å²) in [6.45, 7) is 8.32. The number of benzene rings is 1. The number of thiazole rings is 1. The zero-order valence-corrected chi connectivity index (χ0v) is 12.9. The van der Waals surface area contributed by atoms with Crippen molar-refractivity contribution >= 4 is 26.7 Å². The normalized spacial score (nSPS) is 12.0. The van der Waals surface area contributed by atoms with Crippen molar-refractivity contribution in [2.24, 2.45) is 5.41 Å². The van der Waals surface area contributed by atoms with Crippen molar-refractivity contribution in [2.45, 2.75) is 27.2 Å². The first-order valence-corrected chi connectivity index (χ1v) is 7.42. The standard InChI is InChI=1S/C15H22N2OS/c1-11-5-6-12-13(9-11)19-14(17-12)16-10-15(2,3)7-8-18-4/h5-6,9H,7-8,10H2,1-4H3,(H,16,17). The predicted octanol–water partition coefficient (Wildman–Crippen LogP) is 4.08. The van der Waals surface area contributed by atoms with E-state index in [4.69, 9.17) is 4.74 Å². The minimum atomic E-state index is 0.212. The Bertz CT molecular complexity index is 548. The van der Waals surface area contributed by atoms with Crippen LogP contribution in [0.25, 0.3) is 10.2 Å². The molecule has 0 aliphatic carbocycles. The van der Waals surface area contributed by atoms with Gasteiger partial charge in [-0.15, -0.1) is 0 Å². The maximum absolute atomic E-state index is 5.15. The third kappa shape index (κ3) is 3.91. The van der Waals surface area contributed by atoms with Gasteiger partial charge in [-0.05, 0) is 36.5 Å². The molecule has 19 heavy (non-hydrogen) atoms. The van der Waals surface area contributed by atoms with Crippen LogP contribution in [0.4, 0.5) is 5.13 Å². The summed E-state index contributed by atoms with van der Waals surface area (Å²) in [5, 5.41) is 4.46. The van der Waals surface area contributed by atoms with Crippen LogP contribution in [0, 0.1) is 12.3 Å². The Morgan fingerprint density at radius 1 is 1.37 bits per heavy atom. The van der Waals surface area contributed by atoms with Gasteiger partial charge in [0.1, 0.15) is 0 Å². The Kier molecular flexibility index (Phi) is 4.42. The van der Waals surface area contributed by atoms with Crippen LogP contribution in [0.5, 0.6) is 0 Å². The SMILES string of the molecule is COCCC(C)(C)CNc1nc2ccc(C)cc2s1. The maximum Gasteiger partial charge on any atom is 0.183 e. The van der Waals surface area contributed by atoms with E-state index < -0.39 is 0 Å². The van der Waals surface area contributed by atoms with Gasteiger partial charge in [-0.2, -0.15) is 0 Å². The first kappa shape index (κ1) is 14.3. The average molecular weight is 278 g/mol. The van der Waals surface area contributed by atoms with E-state index >= 15 is 0 Å². The molecule has 3 nitrogen and oxygen atoms in total. The number of ether oxygens (including phenoxy) is 1. The van der Waals surface area contributed by atoms with Gasteiger partial charge in [0.05, 0.1) is 10.2 Å². The van der Waals surface area contributed by atoms with Crippen LogP contribution in [0.2, 0.25) is 0 Å². The Balaban J connectivity index is 2.01. The third-order valence-electron chi connectivity index (χ3n) is 3.25. The largest absolute Gasteiger partial charge is 0.385 e. The summed E-state index contributed by atoms with van der Waals surface area (Å²) in [4.78, 5) is 4.61. The minimum Gasteiger partial charge on any atom is -0.385 e. The highest BCUT2D eigenvalue weighted by Crippen LogP contribution is 2.28. The molecule has 1 heterocycles. The van der Waals surface area contributed by atoms with Gasteiger partial charge in [-0.25, -0.2) is 4.98 Å². The van der Waals surface area contributed by atoms with E-state index in [0.717, 1.165) is 30.2 Å². The van der Waals surface area contributed by atoms with E-state index in [1.54, 1.807) is 18.4 Å². The van der Waals surface area contributed by atoms with Gasteiger partial charge in [0, 0.05) is 20.3 Å². The van der Waals surface area contributed by atoms with Crippen molar-refractivity contribution < 1.29 is 4.74 Å². The van der Waals surface area contributed by atoms with Crippen LogP contribution < -0.4 is 5.32 Å². The van der Waals surface area contributed by atoms with Crippen LogP contribution in [-0.2, 0) is 4.74 Å². The van der Waals surface area contributed by atoms with Crippen LogP contribution in [0.3, 0.4) is 0 Å². The second kappa shape index (κ2) is 5.88. The Labute approximate surface area is 119 Å². The number of aromatic nitrogens is 1. The number of nitrogens with zero attached hydrogens (tertiary/aromatic N) is 1. The zero-order valence-electron chi connectivity index (χ0n) is 12.1. The monoisotopic (exact) mass is 278 g/mol. The third-order valence-corrected chi connectivity index (χ3v) is 4.22. The van der Waals surface area contributed by atoms with E-state index in [2.05, 4.69) is 49.3 Å². The minimum absolute atomic E-state index is 0.212. The quantitative estimate of drug-likeness (QED) is 0.864. The molecule has 0 amide bonds. The molecule has 0 bridgehead atoms. The van der Waals surface area contributed by atoms with E-state index in [9.17, 15) is 0 Å². The Hall–Kier alpha value is -1.13. The van der Waals surface area contributed by atoms with Gasteiger partial charge in [-0.3, -0.25) is 0 Å². The molecule has 104 valence electrons. The summed E-state index contributed by atoms with van der Waals surface area (Å²) < 4.78 is 6.40. The summed E-state index contributed by atoms with van der Waals surface area (Å²) in [5.74, 6) is 0. The van der Waals surface area contributed by atoms with Crippen LogP contribution in [-0.4, -0.2) is 25.2 Å². The van der Waals surface area contributed by atoms with Crippen molar-refractivity contribution in [3.05, 3.63) is 23.8 Å². The number of hydrogen-bond acceptors (Lipinski definition) is 4. The molecule has 0 saturated carbocycles. The Morgan fingerprint density at radius 2 is 2.16 bits per heavy atom. The lowest BCUT2D eigenvalue weighted by atomic mass is 9.90. The first-order chi connectivity index (χ1) is 9.00. The molecule has 1 aromatic carbocycles. The van der Waals surface area contributed by atoms with Crippen molar-refractivity contribution in [1.29, 1.82) is 0 Å². The van der Waals surface area contributed by atoms with Gasteiger partial charge < -0.3 is 10.1 Å². The molecule has 1 aromatic heterocycles. The van der Waals surface area contributed by atoms with Gasteiger partial charge >= 0.3 is 0 Å². The first-order valence-electron chi connectivity index (χ1n) is 6.60. The van der Waals surface area contributed by atoms with Crippen molar-refractivity contribution in [2.75, 3.05) is 25.6 Å². The van der Waals surface area contributed by atoms with E-state index in [-0.39, 0.29) is 5.41 Å². The molecular weight excluding hydrogens is 256 g/mol. The number of methoxy groups -OCH3 is 1. The number of anilines is 1. The lowest BCUT2D eigenvalue weighted by Gasteiger charge is -2.24. The lowest BCUT2D eigenvalue weighted by molar-refractivity contribution is 0.157. The van der Waals surface area contributed by atoms with E-state index in [1.807, 2.05) is 0 Å². The zero-order chi connectivity index (χ0) is 13.9. The van der Waals surface area contributed by atoms with Crippen LogP contribution >= 0.6 is 11.3 Å². The van der Waals surface area contributed by atoms with Gasteiger partial charge in [0.25, 0.3) is 0 Å². The van der Waals surface area contributed by atoms with Crippen LogP contribution in [0.1, 0.15) is 25.8 Å². The molecule has 0 aliphatic rings. The summed E-state index contributed by atoms with van der Waals surface area (Å²) in [6.07, 6.45) is 1.04. The fourth-order valence-electron chi connectivity index (χ4n) is 1.89. The fourth-order valence-corrected chi connectivity index (χ4v) is 2.85. The smallest absolute Gasteiger partial charge is 0.183 e. The Morgan fingerprint density at radius 3 is 2.89 bits per heavy atom. The molecule has 0 saturated heterocycles. The highest BCUT2D eigenvalue weighted by molar-refractivity contribution is 7.22. The molecule has 0 fully saturated rings. The number of fused-ring (bicyclic) bond motifs is 1.